The molecule has 16 heavy (non-hydrogen) atoms. The van der Waals surface area contributed by atoms with Crippen LogP contribution in [0, 0.1) is 0 Å². The van der Waals surface area contributed by atoms with E-state index in [2.05, 4.69) is 31.2 Å². The van der Waals surface area contributed by atoms with E-state index < -0.39 is 0 Å². The lowest BCUT2D eigenvalue weighted by atomic mass is 9.95. The van der Waals surface area contributed by atoms with Crippen LogP contribution in [0.25, 0.3) is 0 Å². The van der Waals surface area contributed by atoms with Crippen molar-refractivity contribution in [2.75, 3.05) is 20.3 Å². The Morgan fingerprint density at radius 2 is 1.94 bits per heavy atom. The van der Waals surface area contributed by atoms with Crippen LogP contribution in [0.5, 0.6) is 0 Å². The van der Waals surface area contributed by atoms with Crippen molar-refractivity contribution < 1.29 is 9.84 Å². The summed E-state index contributed by atoms with van der Waals surface area (Å²) in [5.74, 6) is 0.531. The lowest BCUT2D eigenvalue weighted by Crippen LogP contribution is -1.98. The molecular weight excluding hydrogens is 200 g/mol. The number of hydrogen-bond acceptors (Lipinski definition) is 2. The standard InChI is InChI=1S/C14H22O2/c1-12(4-3-10-15)14-7-5-13(6-8-14)9-11-16-2/h5-8,12,15H,3-4,9-11H2,1-2H3. The summed E-state index contributed by atoms with van der Waals surface area (Å²) >= 11 is 0. The first kappa shape index (κ1) is 13.2. The fourth-order valence-electron chi connectivity index (χ4n) is 1.80. The third-order valence-electron chi connectivity index (χ3n) is 2.94. The quantitative estimate of drug-likeness (QED) is 0.768. The number of methoxy groups -OCH3 is 1. The fourth-order valence-corrected chi connectivity index (χ4v) is 1.80. The van der Waals surface area contributed by atoms with Gasteiger partial charge in [0.1, 0.15) is 0 Å². The van der Waals surface area contributed by atoms with Gasteiger partial charge in [0.25, 0.3) is 0 Å². The highest BCUT2D eigenvalue weighted by Gasteiger charge is 2.04. The van der Waals surface area contributed by atoms with Crippen molar-refractivity contribution in [1.82, 2.24) is 0 Å². The molecule has 0 aliphatic heterocycles. The zero-order chi connectivity index (χ0) is 11.8. The van der Waals surface area contributed by atoms with Crippen LogP contribution in [0.1, 0.15) is 36.8 Å². The van der Waals surface area contributed by atoms with Gasteiger partial charge in [-0.15, -0.1) is 0 Å². The lowest BCUT2D eigenvalue weighted by molar-refractivity contribution is 0.202. The second kappa shape index (κ2) is 7.42. The second-order valence-electron chi connectivity index (χ2n) is 4.25. The minimum absolute atomic E-state index is 0.288. The van der Waals surface area contributed by atoms with Crippen LogP contribution in [0.4, 0.5) is 0 Å². The van der Waals surface area contributed by atoms with Gasteiger partial charge in [0.2, 0.25) is 0 Å². The summed E-state index contributed by atoms with van der Waals surface area (Å²) in [6.45, 7) is 3.27. The van der Waals surface area contributed by atoms with Crippen molar-refractivity contribution in [1.29, 1.82) is 0 Å². The van der Waals surface area contributed by atoms with Crippen LogP contribution in [0.3, 0.4) is 0 Å². The number of aliphatic hydroxyl groups excluding tert-OH is 1. The largest absolute Gasteiger partial charge is 0.396 e. The molecule has 1 aromatic rings. The molecule has 2 heteroatoms. The zero-order valence-corrected chi connectivity index (χ0v) is 10.3. The molecule has 0 saturated carbocycles. The Balaban J connectivity index is 2.49. The molecule has 1 aromatic carbocycles. The number of rotatable bonds is 7. The van der Waals surface area contributed by atoms with Crippen LogP contribution in [-0.2, 0) is 11.2 Å². The molecule has 1 N–H and O–H groups in total. The summed E-state index contributed by atoms with van der Waals surface area (Å²) in [5.41, 5.74) is 2.68. The van der Waals surface area contributed by atoms with Gasteiger partial charge in [0.05, 0.1) is 6.61 Å². The van der Waals surface area contributed by atoms with E-state index in [0.717, 1.165) is 25.9 Å². The molecule has 1 unspecified atom stereocenters. The molecule has 0 bridgehead atoms. The molecule has 0 radical (unpaired) electrons. The molecule has 0 heterocycles. The van der Waals surface area contributed by atoms with Crippen molar-refractivity contribution in [3.8, 4) is 0 Å². The summed E-state index contributed by atoms with van der Waals surface area (Å²) in [4.78, 5) is 0. The Morgan fingerprint density at radius 3 is 2.50 bits per heavy atom. The predicted octanol–water partition coefficient (Wildman–Crippen LogP) is 2.75. The molecule has 0 aliphatic rings. The van der Waals surface area contributed by atoms with Crippen molar-refractivity contribution in [3.63, 3.8) is 0 Å². The Labute approximate surface area is 98.3 Å². The highest BCUT2D eigenvalue weighted by atomic mass is 16.5. The van der Waals surface area contributed by atoms with Crippen LogP contribution in [-0.4, -0.2) is 25.4 Å². The third-order valence-corrected chi connectivity index (χ3v) is 2.94. The zero-order valence-electron chi connectivity index (χ0n) is 10.3. The van der Waals surface area contributed by atoms with E-state index in [9.17, 15) is 0 Å². The van der Waals surface area contributed by atoms with Gasteiger partial charge in [-0.1, -0.05) is 31.2 Å². The smallest absolute Gasteiger partial charge is 0.0502 e. The van der Waals surface area contributed by atoms with Crippen LogP contribution < -0.4 is 0 Å². The maximum Gasteiger partial charge on any atom is 0.0502 e. The van der Waals surface area contributed by atoms with E-state index in [-0.39, 0.29) is 6.61 Å². The Hall–Kier alpha value is -0.860. The van der Waals surface area contributed by atoms with Gasteiger partial charge in [-0.25, -0.2) is 0 Å². The molecule has 0 aromatic heterocycles. The molecule has 1 atom stereocenters. The van der Waals surface area contributed by atoms with Crippen molar-refractivity contribution in [2.45, 2.75) is 32.1 Å². The first-order valence-corrected chi connectivity index (χ1v) is 5.96. The number of ether oxygens (including phenoxy) is 1. The van der Waals surface area contributed by atoms with Gasteiger partial charge in [-0.05, 0) is 36.3 Å². The van der Waals surface area contributed by atoms with E-state index in [1.165, 1.54) is 11.1 Å². The Bertz CT molecular complexity index is 279. The third kappa shape index (κ3) is 4.33. The Kier molecular flexibility index (Phi) is 6.12. The molecule has 0 spiro atoms. The first-order valence-electron chi connectivity index (χ1n) is 5.96. The number of hydrogen-bond donors (Lipinski definition) is 1. The van der Waals surface area contributed by atoms with E-state index in [0.29, 0.717) is 5.92 Å². The molecule has 1 rings (SSSR count). The average Bonchev–Trinajstić information content (AvgIpc) is 2.34. The fraction of sp³-hybridized carbons (Fsp3) is 0.571. The highest BCUT2D eigenvalue weighted by Crippen LogP contribution is 2.20. The summed E-state index contributed by atoms with van der Waals surface area (Å²) in [5, 5.41) is 8.79. The van der Waals surface area contributed by atoms with Crippen LogP contribution in [0.15, 0.2) is 24.3 Å². The van der Waals surface area contributed by atoms with Crippen molar-refractivity contribution in [3.05, 3.63) is 35.4 Å². The first-order chi connectivity index (χ1) is 7.77. The van der Waals surface area contributed by atoms with Gasteiger partial charge in [-0.3, -0.25) is 0 Å². The van der Waals surface area contributed by atoms with Crippen LogP contribution in [0.2, 0.25) is 0 Å². The van der Waals surface area contributed by atoms with E-state index in [1.54, 1.807) is 7.11 Å². The van der Waals surface area contributed by atoms with Gasteiger partial charge in [0.15, 0.2) is 0 Å². The van der Waals surface area contributed by atoms with E-state index in [4.69, 9.17) is 9.84 Å². The molecule has 90 valence electrons. The second-order valence-corrected chi connectivity index (χ2v) is 4.25. The average molecular weight is 222 g/mol. The van der Waals surface area contributed by atoms with E-state index >= 15 is 0 Å². The Morgan fingerprint density at radius 1 is 1.25 bits per heavy atom. The number of aliphatic hydroxyl groups is 1. The molecule has 0 aliphatic carbocycles. The summed E-state index contributed by atoms with van der Waals surface area (Å²) < 4.78 is 5.05. The molecular formula is C14H22O2. The summed E-state index contributed by atoms with van der Waals surface area (Å²) in [7, 11) is 1.73. The van der Waals surface area contributed by atoms with E-state index in [1.807, 2.05) is 0 Å². The number of benzene rings is 1. The van der Waals surface area contributed by atoms with Gasteiger partial charge >= 0.3 is 0 Å². The minimum atomic E-state index is 0.288. The summed E-state index contributed by atoms with van der Waals surface area (Å²) in [6, 6.07) is 8.72. The monoisotopic (exact) mass is 222 g/mol. The topological polar surface area (TPSA) is 29.5 Å². The van der Waals surface area contributed by atoms with Gasteiger partial charge < -0.3 is 9.84 Å². The predicted molar refractivity (Wildman–Crippen MR) is 66.8 cm³/mol. The SMILES string of the molecule is COCCc1ccc(C(C)CCCO)cc1. The van der Waals surface area contributed by atoms with Crippen molar-refractivity contribution in [2.24, 2.45) is 0 Å². The maximum atomic E-state index is 8.79. The molecule has 0 saturated heterocycles. The normalized spacial score (nSPS) is 12.7. The molecule has 0 amide bonds. The van der Waals surface area contributed by atoms with Gasteiger partial charge in [0, 0.05) is 13.7 Å². The molecule has 0 fully saturated rings. The lowest BCUT2D eigenvalue weighted by Gasteiger charge is -2.11. The van der Waals surface area contributed by atoms with Crippen molar-refractivity contribution >= 4 is 0 Å². The van der Waals surface area contributed by atoms with Gasteiger partial charge in [-0.2, -0.15) is 0 Å². The highest BCUT2D eigenvalue weighted by molar-refractivity contribution is 5.25. The minimum Gasteiger partial charge on any atom is -0.396 e. The summed E-state index contributed by atoms with van der Waals surface area (Å²) in [6.07, 6.45) is 2.91. The van der Waals surface area contributed by atoms with Crippen LogP contribution >= 0.6 is 0 Å². The molecule has 2 nitrogen and oxygen atoms in total. The maximum absolute atomic E-state index is 8.79.